The van der Waals surface area contributed by atoms with Gasteiger partial charge in [-0.1, -0.05) is 44.2 Å². The zero-order valence-electron chi connectivity index (χ0n) is 15.1. The van der Waals surface area contributed by atoms with E-state index in [1.807, 2.05) is 50.2 Å². The monoisotopic (exact) mass is 350 g/mol. The molecular formula is C21H22N2O3. The molecule has 0 saturated carbocycles. The van der Waals surface area contributed by atoms with Gasteiger partial charge in [-0.25, -0.2) is 0 Å². The maximum atomic E-state index is 12.7. The van der Waals surface area contributed by atoms with Crippen LogP contribution in [0.4, 0.5) is 0 Å². The van der Waals surface area contributed by atoms with Gasteiger partial charge in [-0.3, -0.25) is 9.59 Å². The number of aromatic nitrogens is 1. The highest BCUT2D eigenvalue weighted by Crippen LogP contribution is 2.24. The largest absolute Gasteiger partial charge is 0.497 e. The van der Waals surface area contributed by atoms with Crippen molar-refractivity contribution >= 4 is 16.7 Å². The number of pyridine rings is 1. The normalized spacial score (nSPS) is 12.2. The van der Waals surface area contributed by atoms with E-state index in [0.717, 1.165) is 16.7 Å². The number of fused-ring (bicyclic) bond motifs is 1. The lowest BCUT2D eigenvalue weighted by Gasteiger charge is -2.23. The molecule has 0 aliphatic carbocycles. The first-order chi connectivity index (χ1) is 12.5. The van der Waals surface area contributed by atoms with Gasteiger partial charge in [0, 0.05) is 5.39 Å². The minimum atomic E-state index is -0.303. The Kier molecular flexibility index (Phi) is 5.07. The van der Waals surface area contributed by atoms with Gasteiger partial charge < -0.3 is 15.0 Å². The van der Waals surface area contributed by atoms with Gasteiger partial charge in [-0.15, -0.1) is 0 Å². The lowest BCUT2D eigenvalue weighted by molar-refractivity contribution is 0.0920. The first kappa shape index (κ1) is 17.7. The molecule has 0 radical (unpaired) electrons. The fourth-order valence-corrected chi connectivity index (χ4v) is 3.00. The summed E-state index contributed by atoms with van der Waals surface area (Å²) in [6, 6.07) is 16.4. The molecule has 5 nitrogen and oxygen atoms in total. The number of amides is 1. The highest BCUT2D eigenvalue weighted by molar-refractivity contribution is 5.96. The molecule has 1 atom stereocenters. The maximum Gasteiger partial charge on any atom is 0.268 e. The van der Waals surface area contributed by atoms with Gasteiger partial charge in [-0.05, 0) is 41.1 Å². The number of methoxy groups -OCH3 is 1. The number of hydrogen-bond acceptors (Lipinski definition) is 3. The third-order valence-electron chi connectivity index (χ3n) is 4.43. The summed E-state index contributed by atoms with van der Waals surface area (Å²) in [6.07, 6.45) is 0. The first-order valence-electron chi connectivity index (χ1n) is 8.56. The van der Waals surface area contributed by atoms with Crippen molar-refractivity contribution in [2.75, 3.05) is 7.11 Å². The number of aromatic amines is 1. The van der Waals surface area contributed by atoms with Gasteiger partial charge in [0.25, 0.3) is 11.5 Å². The van der Waals surface area contributed by atoms with E-state index < -0.39 is 0 Å². The Morgan fingerprint density at radius 2 is 1.77 bits per heavy atom. The molecule has 0 saturated heterocycles. The molecular weight excluding hydrogens is 328 g/mol. The van der Waals surface area contributed by atoms with E-state index >= 15 is 0 Å². The van der Waals surface area contributed by atoms with Crippen LogP contribution in [0.15, 0.2) is 59.4 Å². The lowest BCUT2D eigenvalue weighted by atomic mass is 9.95. The molecule has 3 aromatic rings. The second-order valence-corrected chi connectivity index (χ2v) is 6.57. The van der Waals surface area contributed by atoms with Crippen LogP contribution in [-0.2, 0) is 0 Å². The van der Waals surface area contributed by atoms with Crippen LogP contribution >= 0.6 is 0 Å². The zero-order chi connectivity index (χ0) is 18.7. The summed E-state index contributed by atoms with van der Waals surface area (Å²) in [5.74, 6) is 0.642. The molecule has 1 unspecified atom stereocenters. The van der Waals surface area contributed by atoms with Crippen LogP contribution in [0.25, 0.3) is 10.8 Å². The summed E-state index contributed by atoms with van der Waals surface area (Å²) in [5.41, 5.74) is 0.976. The molecule has 2 N–H and O–H groups in total. The predicted molar refractivity (Wildman–Crippen MR) is 103 cm³/mol. The summed E-state index contributed by atoms with van der Waals surface area (Å²) >= 11 is 0. The van der Waals surface area contributed by atoms with Crippen LogP contribution in [0.3, 0.4) is 0 Å². The number of benzene rings is 2. The van der Waals surface area contributed by atoms with Gasteiger partial charge in [0.2, 0.25) is 0 Å². The third-order valence-corrected chi connectivity index (χ3v) is 4.43. The number of H-pyrrole nitrogens is 1. The number of hydrogen-bond donors (Lipinski definition) is 2. The van der Waals surface area contributed by atoms with Crippen LogP contribution in [0, 0.1) is 5.92 Å². The summed E-state index contributed by atoms with van der Waals surface area (Å²) < 4.78 is 5.19. The lowest BCUT2D eigenvalue weighted by Crippen LogP contribution is -2.33. The number of ether oxygens (including phenoxy) is 1. The molecule has 134 valence electrons. The Morgan fingerprint density at radius 1 is 1.08 bits per heavy atom. The van der Waals surface area contributed by atoms with Crippen molar-refractivity contribution in [1.29, 1.82) is 0 Å². The van der Waals surface area contributed by atoms with Crippen molar-refractivity contribution < 1.29 is 9.53 Å². The molecule has 26 heavy (non-hydrogen) atoms. The second kappa shape index (κ2) is 7.44. The van der Waals surface area contributed by atoms with Crippen molar-refractivity contribution in [1.82, 2.24) is 10.3 Å². The molecule has 0 spiro atoms. The first-order valence-corrected chi connectivity index (χ1v) is 8.56. The van der Waals surface area contributed by atoms with Gasteiger partial charge >= 0.3 is 0 Å². The Bertz CT molecular complexity index is 974. The Labute approximate surface area is 152 Å². The average molecular weight is 350 g/mol. The van der Waals surface area contributed by atoms with Gasteiger partial charge in [0.05, 0.1) is 13.2 Å². The van der Waals surface area contributed by atoms with Gasteiger partial charge in [0.15, 0.2) is 0 Å². The standard InChI is InChI=1S/C21H22N2O3/c1-13(2)19(14-8-10-16(26-3)11-9-14)23-21(25)18-12-15-6-4-5-7-17(15)20(24)22-18/h4-13,19H,1-3H3,(H,22,24)(H,23,25). The highest BCUT2D eigenvalue weighted by Gasteiger charge is 2.20. The van der Waals surface area contributed by atoms with Crippen LogP contribution in [0.5, 0.6) is 5.75 Å². The van der Waals surface area contributed by atoms with E-state index in [2.05, 4.69) is 10.3 Å². The van der Waals surface area contributed by atoms with Crippen molar-refractivity contribution in [2.45, 2.75) is 19.9 Å². The predicted octanol–water partition coefficient (Wildman–Crippen LogP) is 3.66. The number of rotatable bonds is 5. The van der Waals surface area contributed by atoms with Crippen LogP contribution < -0.4 is 15.6 Å². The van der Waals surface area contributed by atoms with E-state index in [-0.39, 0.29) is 29.1 Å². The van der Waals surface area contributed by atoms with Crippen LogP contribution in [0.2, 0.25) is 0 Å². The van der Waals surface area contributed by atoms with E-state index in [9.17, 15) is 9.59 Å². The van der Waals surface area contributed by atoms with Crippen molar-refractivity contribution in [2.24, 2.45) is 5.92 Å². The molecule has 1 aromatic heterocycles. The van der Waals surface area contributed by atoms with Crippen molar-refractivity contribution in [3.63, 3.8) is 0 Å². The van der Waals surface area contributed by atoms with Gasteiger partial charge in [-0.2, -0.15) is 0 Å². The number of carbonyl (C=O) groups excluding carboxylic acids is 1. The van der Waals surface area contributed by atoms with Crippen molar-refractivity contribution in [3.05, 3.63) is 76.2 Å². The third kappa shape index (κ3) is 3.61. The quantitative estimate of drug-likeness (QED) is 0.738. The van der Waals surface area contributed by atoms with E-state index in [1.54, 1.807) is 25.3 Å². The average Bonchev–Trinajstić information content (AvgIpc) is 2.65. The van der Waals surface area contributed by atoms with E-state index in [0.29, 0.717) is 5.39 Å². The maximum absolute atomic E-state index is 12.7. The summed E-state index contributed by atoms with van der Waals surface area (Å²) in [5, 5.41) is 4.34. The molecule has 0 bridgehead atoms. The fraction of sp³-hybridized carbons (Fsp3) is 0.238. The van der Waals surface area contributed by atoms with Crippen LogP contribution in [-0.4, -0.2) is 18.0 Å². The number of nitrogens with one attached hydrogen (secondary N) is 2. The van der Waals surface area contributed by atoms with Gasteiger partial charge in [0.1, 0.15) is 11.4 Å². The van der Waals surface area contributed by atoms with Crippen LogP contribution in [0.1, 0.15) is 35.9 Å². The molecule has 0 aliphatic heterocycles. The molecule has 0 fully saturated rings. The molecule has 1 heterocycles. The Balaban J connectivity index is 1.89. The zero-order valence-corrected chi connectivity index (χ0v) is 15.1. The minimum absolute atomic E-state index is 0.177. The molecule has 0 aliphatic rings. The topological polar surface area (TPSA) is 71.2 Å². The second-order valence-electron chi connectivity index (χ2n) is 6.57. The number of carbonyl (C=O) groups is 1. The summed E-state index contributed by atoms with van der Waals surface area (Å²) in [7, 11) is 1.62. The molecule has 2 aromatic carbocycles. The molecule has 3 rings (SSSR count). The fourth-order valence-electron chi connectivity index (χ4n) is 3.00. The summed E-state index contributed by atoms with van der Waals surface area (Å²) in [4.78, 5) is 27.6. The van der Waals surface area contributed by atoms with E-state index in [1.165, 1.54) is 0 Å². The molecule has 5 heteroatoms. The minimum Gasteiger partial charge on any atom is -0.497 e. The Hall–Kier alpha value is -3.08. The van der Waals surface area contributed by atoms with E-state index in [4.69, 9.17) is 4.74 Å². The van der Waals surface area contributed by atoms with Crippen molar-refractivity contribution in [3.8, 4) is 5.75 Å². The SMILES string of the molecule is COc1ccc(C(NC(=O)c2cc3ccccc3c(=O)[nH]2)C(C)C)cc1. The highest BCUT2D eigenvalue weighted by atomic mass is 16.5. The molecule has 1 amide bonds. The Morgan fingerprint density at radius 3 is 2.42 bits per heavy atom. The smallest absolute Gasteiger partial charge is 0.268 e. The summed E-state index contributed by atoms with van der Waals surface area (Å²) in [6.45, 7) is 4.08.